The van der Waals surface area contributed by atoms with E-state index in [1.807, 2.05) is 13.8 Å². The summed E-state index contributed by atoms with van der Waals surface area (Å²) in [5, 5.41) is 3.88. The second kappa shape index (κ2) is 4.79. The van der Waals surface area contributed by atoms with Crippen molar-refractivity contribution >= 4 is 11.8 Å². The smallest absolute Gasteiger partial charge is 0.246 e. The van der Waals surface area contributed by atoms with Crippen molar-refractivity contribution in [2.75, 3.05) is 5.75 Å². The molecule has 0 aliphatic carbocycles. The van der Waals surface area contributed by atoms with Crippen molar-refractivity contribution in [3.05, 3.63) is 11.7 Å². The standard InChI is InChI=1S/C9H17N3OS/c1-4-9(3,10)8-11-7(12-13-8)6-14-5-2/h4-6,10H2,1-3H3. The normalized spacial score (nSPS) is 15.4. The third kappa shape index (κ3) is 2.72. The Balaban J connectivity index is 2.67. The molecule has 80 valence electrons. The molecule has 0 bridgehead atoms. The number of hydrogen-bond donors (Lipinski definition) is 1. The fourth-order valence-corrected chi connectivity index (χ4v) is 1.39. The summed E-state index contributed by atoms with van der Waals surface area (Å²) in [5.74, 6) is 3.11. The van der Waals surface area contributed by atoms with Crippen molar-refractivity contribution < 1.29 is 4.52 Å². The van der Waals surface area contributed by atoms with Gasteiger partial charge >= 0.3 is 0 Å². The van der Waals surface area contributed by atoms with E-state index in [9.17, 15) is 0 Å². The molecule has 1 aromatic heterocycles. The van der Waals surface area contributed by atoms with Crippen LogP contribution < -0.4 is 5.73 Å². The minimum Gasteiger partial charge on any atom is -0.337 e. The van der Waals surface area contributed by atoms with Crippen LogP contribution >= 0.6 is 11.8 Å². The largest absolute Gasteiger partial charge is 0.337 e. The van der Waals surface area contributed by atoms with Crippen molar-refractivity contribution in [3.63, 3.8) is 0 Å². The van der Waals surface area contributed by atoms with Crippen molar-refractivity contribution in [3.8, 4) is 0 Å². The highest BCUT2D eigenvalue weighted by molar-refractivity contribution is 7.98. The number of thioether (sulfide) groups is 1. The van der Waals surface area contributed by atoms with Gasteiger partial charge in [0.05, 0.1) is 11.3 Å². The predicted molar refractivity (Wildman–Crippen MR) is 58.0 cm³/mol. The van der Waals surface area contributed by atoms with Crippen LogP contribution in [0.2, 0.25) is 0 Å². The van der Waals surface area contributed by atoms with Gasteiger partial charge in [0.1, 0.15) is 0 Å². The van der Waals surface area contributed by atoms with Gasteiger partial charge in [0.2, 0.25) is 5.89 Å². The van der Waals surface area contributed by atoms with Crippen molar-refractivity contribution in [2.45, 2.75) is 38.5 Å². The van der Waals surface area contributed by atoms with Crippen molar-refractivity contribution in [1.29, 1.82) is 0 Å². The fraction of sp³-hybridized carbons (Fsp3) is 0.778. The molecule has 4 nitrogen and oxygen atoms in total. The van der Waals surface area contributed by atoms with Gasteiger partial charge in [-0.25, -0.2) is 0 Å². The van der Waals surface area contributed by atoms with Crippen LogP contribution in [0.5, 0.6) is 0 Å². The Morgan fingerprint density at radius 1 is 1.50 bits per heavy atom. The van der Waals surface area contributed by atoms with E-state index >= 15 is 0 Å². The van der Waals surface area contributed by atoms with Gasteiger partial charge in [-0.05, 0) is 19.1 Å². The lowest BCUT2D eigenvalue weighted by Crippen LogP contribution is -2.32. The van der Waals surface area contributed by atoms with Gasteiger partial charge in [0, 0.05) is 0 Å². The first-order valence-electron chi connectivity index (χ1n) is 4.79. The van der Waals surface area contributed by atoms with Crippen LogP contribution in [0.4, 0.5) is 0 Å². The van der Waals surface area contributed by atoms with Crippen LogP contribution in [-0.4, -0.2) is 15.9 Å². The first-order chi connectivity index (χ1) is 6.60. The summed E-state index contributed by atoms with van der Waals surface area (Å²) in [6.07, 6.45) is 0.787. The van der Waals surface area contributed by atoms with Gasteiger partial charge in [-0.2, -0.15) is 16.7 Å². The third-order valence-electron chi connectivity index (χ3n) is 2.13. The molecule has 1 rings (SSSR count). The van der Waals surface area contributed by atoms with Gasteiger partial charge in [0.25, 0.3) is 0 Å². The van der Waals surface area contributed by atoms with Gasteiger partial charge in [-0.3, -0.25) is 0 Å². The molecule has 0 radical (unpaired) electrons. The zero-order valence-electron chi connectivity index (χ0n) is 8.91. The Morgan fingerprint density at radius 2 is 2.21 bits per heavy atom. The lowest BCUT2D eigenvalue weighted by atomic mass is 10.0. The molecule has 1 heterocycles. The van der Waals surface area contributed by atoms with Gasteiger partial charge in [0.15, 0.2) is 5.82 Å². The van der Waals surface area contributed by atoms with Crippen molar-refractivity contribution in [2.24, 2.45) is 5.73 Å². The van der Waals surface area contributed by atoms with Crippen molar-refractivity contribution in [1.82, 2.24) is 10.1 Å². The molecular formula is C9H17N3OS. The third-order valence-corrected chi connectivity index (χ3v) is 3.00. The number of hydrogen-bond acceptors (Lipinski definition) is 5. The summed E-state index contributed by atoms with van der Waals surface area (Å²) < 4.78 is 5.12. The second-order valence-electron chi connectivity index (χ2n) is 3.42. The quantitative estimate of drug-likeness (QED) is 0.812. The average molecular weight is 215 g/mol. The Bertz CT molecular complexity index is 285. The van der Waals surface area contributed by atoms with Gasteiger partial charge in [-0.1, -0.05) is 19.0 Å². The molecule has 0 saturated heterocycles. The summed E-state index contributed by atoms with van der Waals surface area (Å²) >= 11 is 1.77. The van der Waals surface area contributed by atoms with Crippen LogP contribution in [0.15, 0.2) is 4.52 Å². The number of nitrogens with two attached hydrogens (primary N) is 1. The first kappa shape index (κ1) is 11.5. The molecule has 0 amide bonds. The summed E-state index contributed by atoms with van der Waals surface area (Å²) in [5.41, 5.74) is 5.48. The Hall–Kier alpha value is -0.550. The highest BCUT2D eigenvalue weighted by atomic mass is 32.2. The first-order valence-corrected chi connectivity index (χ1v) is 5.95. The van der Waals surface area contributed by atoms with Gasteiger partial charge < -0.3 is 10.3 Å². The summed E-state index contributed by atoms with van der Waals surface area (Å²) in [6, 6.07) is 0. The molecule has 1 aromatic rings. The zero-order chi connectivity index (χ0) is 10.6. The van der Waals surface area contributed by atoms with Crippen LogP contribution in [0, 0.1) is 0 Å². The highest BCUT2D eigenvalue weighted by Crippen LogP contribution is 2.20. The van der Waals surface area contributed by atoms with Crippen LogP contribution in [0.1, 0.15) is 38.9 Å². The Labute approximate surface area is 88.6 Å². The molecule has 0 spiro atoms. The minimum atomic E-state index is -0.498. The predicted octanol–water partition coefficient (Wildman–Crippen LogP) is 1.91. The monoisotopic (exact) mass is 215 g/mol. The van der Waals surface area contributed by atoms with Gasteiger partial charge in [-0.15, -0.1) is 0 Å². The van der Waals surface area contributed by atoms with Crippen LogP contribution in [0.25, 0.3) is 0 Å². The second-order valence-corrected chi connectivity index (χ2v) is 4.70. The topological polar surface area (TPSA) is 64.9 Å². The fourth-order valence-electron chi connectivity index (χ4n) is 0.889. The zero-order valence-corrected chi connectivity index (χ0v) is 9.73. The maximum Gasteiger partial charge on any atom is 0.246 e. The van der Waals surface area contributed by atoms with Crippen LogP contribution in [-0.2, 0) is 11.3 Å². The Morgan fingerprint density at radius 3 is 2.79 bits per heavy atom. The number of nitrogens with zero attached hydrogens (tertiary/aromatic N) is 2. The SMILES string of the molecule is CCSCc1noc(C(C)(N)CC)n1. The average Bonchev–Trinajstić information content (AvgIpc) is 2.63. The summed E-state index contributed by atoms with van der Waals surface area (Å²) in [4.78, 5) is 4.27. The molecule has 0 aliphatic heterocycles. The minimum absolute atomic E-state index is 0.498. The molecule has 0 aliphatic rings. The summed E-state index contributed by atoms with van der Waals surface area (Å²) in [7, 11) is 0. The molecule has 1 atom stereocenters. The molecule has 0 saturated carbocycles. The van der Waals surface area contributed by atoms with E-state index in [1.165, 1.54) is 0 Å². The summed E-state index contributed by atoms with van der Waals surface area (Å²) in [6.45, 7) is 6.01. The molecule has 0 aromatic carbocycles. The maximum atomic E-state index is 5.98. The lowest BCUT2D eigenvalue weighted by Gasteiger charge is -2.16. The number of aromatic nitrogens is 2. The number of rotatable bonds is 5. The Kier molecular flexibility index (Phi) is 3.95. The molecular weight excluding hydrogens is 198 g/mol. The molecule has 5 heteroatoms. The van der Waals surface area contributed by atoms with Crippen LogP contribution in [0.3, 0.4) is 0 Å². The maximum absolute atomic E-state index is 5.98. The lowest BCUT2D eigenvalue weighted by molar-refractivity contribution is 0.290. The van der Waals surface area contributed by atoms with E-state index < -0.39 is 5.54 Å². The molecule has 2 N–H and O–H groups in total. The van der Waals surface area contributed by atoms with E-state index in [2.05, 4.69) is 17.1 Å². The van der Waals surface area contributed by atoms with E-state index in [-0.39, 0.29) is 0 Å². The van der Waals surface area contributed by atoms with E-state index in [0.717, 1.165) is 23.8 Å². The van der Waals surface area contributed by atoms with E-state index in [4.69, 9.17) is 10.3 Å². The highest BCUT2D eigenvalue weighted by Gasteiger charge is 2.25. The van der Waals surface area contributed by atoms with E-state index in [1.54, 1.807) is 11.8 Å². The molecule has 1 unspecified atom stereocenters. The molecule has 0 fully saturated rings. The van der Waals surface area contributed by atoms with E-state index in [0.29, 0.717) is 5.89 Å². The molecule has 14 heavy (non-hydrogen) atoms.